The molecule has 1 radical (unpaired) electrons. The molecule has 1 rings (SSSR count). The summed E-state index contributed by atoms with van der Waals surface area (Å²) in [6.07, 6.45) is 18.1. The van der Waals surface area contributed by atoms with Crippen molar-refractivity contribution >= 4 is 5.97 Å². The minimum atomic E-state index is -0.988. The summed E-state index contributed by atoms with van der Waals surface area (Å²) in [6, 6.07) is 0. The van der Waals surface area contributed by atoms with Gasteiger partial charge in [-0.15, -0.1) is 10.3 Å². The lowest BCUT2D eigenvalue weighted by Gasteiger charge is -2.35. The molecular weight excluding hydrogens is 314 g/mol. The van der Waals surface area contributed by atoms with Gasteiger partial charge in [0.05, 0.1) is 5.54 Å². The van der Waals surface area contributed by atoms with Crippen molar-refractivity contribution in [3.8, 4) is 0 Å². The van der Waals surface area contributed by atoms with Crippen LogP contribution in [-0.2, 0) is 10.0 Å². The Morgan fingerprint density at radius 2 is 1.48 bits per heavy atom. The van der Waals surface area contributed by atoms with Gasteiger partial charge in [0.25, 0.3) is 0 Å². The number of carboxylic acid groups (broad SMARTS) is 1. The van der Waals surface area contributed by atoms with E-state index in [1.54, 1.807) is 6.08 Å². The fourth-order valence-electron chi connectivity index (χ4n) is 3.96. The topological polar surface area (TPSA) is 60.4 Å². The molecule has 1 N–H and O–H groups in total. The van der Waals surface area contributed by atoms with Crippen LogP contribution in [0.1, 0.15) is 104 Å². The first-order valence-electron chi connectivity index (χ1n) is 10.2. The molecule has 0 aromatic rings. The SMILES string of the molecule is CCCCCCCCCCCCC1(C)CCC(C)(/C=C/C(=O)O)N1[O]. The molecule has 2 atom stereocenters. The van der Waals surface area contributed by atoms with Crippen molar-refractivity contribution in [1.29, 1.82) is 0 Å². The van der Waals surface area contributed by atoms with Crippen molar-refractivity contribution in [2.75, 3.05) is 0 Å². The van der Waals surface area contributed by atoms with Crippen LogP contribution in [-0.4, -0.2) is 27.2 Å². The Kier molecular flexibility index (Phi) is 9.73. The zero-order chi connectivity index (χ0) is 18.8. The Hall–Kier alpha value is -0.870. The van der Waals surface area contributed by atoms with Gasteiger partial charge in [-0.3, -0.25) is 0 Å². The molecule has 4 heteroatoms. The molecule has 1 fully saturated rings. The quantitative estimate of drug-likeness (QED) is 0.332. The molecule has 1 heterocycles. The van der Waals surface area contributed by atoms with Gasteiger partial charge in [-0.05, 0) is 33.1 Å². The number of rotatable bonds is 13. The summed E-state index contributed by atoms with van der Waals surface area (Å²) in [5.74, 6) is -0.988. The Morgan fingerprint density at radius 3 is 2.00 bits per heavy atom. The summed E-state index contributed by atoms with van der Waals surface area (Å²) in [7, 11) is 0. The fraction of sp³-hybridized carbons (Fsp3) is 0.857. The van der Waals surface area contributed by atoms with Crippen LogP contribution in [0.4, 0.5) is 0 Å². The Balaban J connectivity index is 2.21. The number of hydrogen-bond donors (Lipinski definition) is 1. The number of carboxylic acids is 1. The highest BCUT2D eigenvalue weighted by Crippen LogP contribution is 2.43. The highest BCUT2D eigenvalue weighted by molar-refractivity contribution is 5.80. The molecule has 0 aromatic heterocycles. The minimum Gasteiger partial charge on any atom is -0.478 e. The summed E-state index contributed by atoms with van der Waals surface area (Å²) >= 11 is 0. The maximum absolute atomic E-state index is 12.7. The van der Waals surface area contributed by atoms with Crippen LogP contribution < -0.4 is 0 Å². The van der Waals surface area contributed by atoms with E-state index in [1.807, 2.05) is 13.8 Å². The number of aliphatic carboxylic acids is 1. The van der Waals surface area contributed by atoms with E-state index in [9.17, 15) is 10.0 Å². The van der Waals surface area contributed by atoms with Gasteiger partial charge >= 0.3 is 5.97 Å². The molecule has 0 aromatic carbocycles. The minimum absolute atomic E-state index is 0.349. The van der Waals surface area contributed by atoms with Gasteiger partial charge in [0.2, 0.25) is 0 Å². The van der Waals surface area contributed by atoms with E-state index in [-0.39, 0.29) is 5.54 Å². The molecule has 0 amide bonds. The van der Waals surface area contributed by atoms with Gasteiger partial charge in [0.1, 0.15) is 0 Å². The Labute approximate surface area is 154 Å². The van der Waals surface area contributed by atoms with Crippen molar-refractivity contribution in [2.24, 2.45) is 0 Å². The van der Waals surface area contributed by atoms with Crippen LogP contribution in [0.2, 0.25) is 0 Å². The lowest BCUT2D eigenvalue weighted by Crippen LogP contribution is -2.47. The molecule has 1 saturated heterocycles. The highest BCUT2D eigenvalue weighted by atomic mass is 16.5. The van der Waals surface area contributed by atoms with Crippen molar-refractivity contribution in [3.63, 3.8) is 0 Å². The van der Waals surface area contributed by atoms with Crippen LogP contribution in [0.15, 0.2) is 12.2 Å². The number of hydroxylamine groups is 2. The molecule has 0 aliphatic carbocycles. The molecule has 1 aliphatic rings. The monoisotopic (exact) mass is 352 g/mol. The third-order valence-electron chi connectivity index (χ3n) is 5.78. The second-order valence-corrected chi connectivity index (χ2v) is 8.25. The maximum atomic E-state index is 12.7. The molecular formula is C21H38NO3. The first-order valence-corrected chi connectivity index (χ1v) is 10.2. The summed E-state index contributed by atoms with van der Waals surface area (Å²) in [6.45, 7) is 6.13. The fourth-order valence-corrected chi connectivity index (χ4v) is 3.96. The third kappa shape index (κ3) is 7.49. The average Bonchev–Trinajstić information content (AvgIpc) is 2.80. The molecule has 0 bridgehead atoms. The molecule has 0 saturated carbocycles. The molecule has 1 aliphatic heterocycles. The maximum Gasteiger partial charge on any atom is 0.328 e. The first kappa shape index (κ1) is 22.2. The predicted octanol–water partition coefficient (Wildman–Crippen LogP) is 5.90. The summed E-state index contributed by atoms with van der Waals surface area (Å²) in [5.41, 5.74) is -1.02. The van der Waals surface area contributed by atoms with Gasteiger partial charge in [0.15, 0.2) is 0 Å². The van der Waals surface area contributed by atoms with E-state index in [0.717, 1.165) is 36.8 Å². The smallest absolute Gasteiger partial charge is 0.328 e. The lowest BCUT2D eigenvalue weighted by atomic mass is 9.92. The predicted molar refractivity (Wildman–Crippen MR) is 102 cm³/mol. The van der Waals surface area contributed by atoms with E-state index < -0.39 is 11.5 Å². The van der Waals surface area contributed by atoms with Crippen LogP contribution in [0.5, 0.6) is 0 Å². The highest BCUT2D eigenvalue weighted by Gasteiger charge is 2.49. The van der Waals surface area contributed by atoms with Crippen LogP contribution >= 0.6 is 0 Å². The van der Waals surface area contributed by atoms with Crippen LogP contribution in [0.25, 0.3) is 0 Å². The van der Waals surface area contributed by atoms with E-state index in [2.05, 4.69) is 6.92 Å². The van der Waals surface area contributed by atoms with Gasteiger partial charge in [-0.25, -0.2) is 4.79 Å². The van der Waals surface area contributed by atoms with Crippen LogP contribution in [0.3, 0.4) is 0 Å². The molecule has 145 valence electrons. The average molecular weight is 353 g/mol. The number of hydrogen-bond acceptors (Lipinski definition) is 2. The number of unbranched alkanes of at least 4 members (excludes halogenated alkanes) is 9. The summed E-state index contributed by atoms with van der Waals surface area (Å²) in [4.78, 5) is 10.7. The van der Waals surface area contributed by atoms with Crippen molar-refractivity contribution in [1.82, 2.24) is 5.06 Å². The molecule has 2 unspecified atom stereocenters. The van der Waals surface area contributed by atoms with E-state index >= 15 is 0 Å². The van der Waals surface area contributed by atoms with E-state index in [4.69, 9.17) is 5.11 Å². The second-order valence-electron chi connectivity index (χ2n) is 8.25. The van der Waals surface area contributed by atoms with Crippen molar-refractivity contribution in [2.45, 2.75) is 115 Å². The summed E-state index contributed by atoms with van der Waals surface area (Å²) < 4.78 is 0. The second kappa shape index (κ2) is 11.0. The molecule has 0 spiro atoms. The van der Waals surface area contributed by atoms with Gasteiger partial charge in [-0.1, -0.05) is 77.2 Å². The molecule has 25 heavy (non-hydrogen) atoms. The van der Waals surface area contributed by atoms with E-state index in [1.165, 1.54) is 57.8 Å². The standard InChI is InChI=1S/C21H38NO3/c1-4-5-6-7-8-9-10-11-12-13-15-20(2)17-18-21(3,22(20)25)16-14-19(23)24/h14,16H,4-13,15,17-18H2,1-3H3,(H,23,24)/b16-14+. The van der Waals surface area contributed by atoms with Gasteiger partial charge in [0, 0.05) is 11.6 Å². The summed E-state index contributed by atoms with van der Waals surface area (Å²) in [5, 5.41) is 22.7. The van der Waals surface area contributed by atoms with Gasteiger partial charge < -0.3 is 5.11 Å². The Morgan fingerprint density at radius 1 is 0.960 bits per heavy atom. The first-order chi connectivity index (χ1) is 11.8. The van der Waals surface area contributed by atoms with Crippen molar-refractivity contribution < 1.29 is 15.1 Å². The zero-order valence-corrected chi connectivity index (χ0v) is 16.6. The molecule has 4 nitrogen and oxygen atoms in total. The normalized spacial score (nSPS) is 27.4. The van der Waals surface area contributed by atoms with Crippen LogP contribution in [0, 0.1) is 0 Å². The third-order valence-corrected chi connectivity index (χ3v) is 5.78. The zero-order valence-electron chi connectivity index (χ0n) is 16.6. The number of nitrogens with zero attached hydrogens (tertiary/aromatic N) is 1. The largest absolute Gasteiger partial charge is 0.478 e. The van der Waals surface area contributed by atoms with Gasteiger partial charge in [-0.2, -0.15) is 0 Å². The van der Waals surface area contributed by atoms with Crippen molar-refractivity contribution in [3.05, 3.63) is 12.2 Å². The number of carbonyl (C=O) groups is 1. The lowest BCUT2D eigenvalue weighted by molar-refractivity contribution is -0.243. The van der Waals surface area contributed by atoms with E-state index in [0.29, 0.717) is 0 Å². The Bertz CT molecular complexity index is 423.